The molecule has 0 aromatic heterocycles. The molecule has 0 radical (unpaired) electrons. The first-order chi connectivity index (χ1) is 40.1. The maximum absolute atomic E-state index is 15.3. The minimum absolute atomic E-state index is 0.137. The summed E-state index contributed by atoms with van der Waals surface area (Å²) < 4.78 is 77.4. The van der Waals surface area contributed by atoms with Crippen LogP contribution in [0.15, 0.2) is 133 Å². The molecule has 0 bridgehead atoms. The second kappa shape index (κ2) is 23.0. The molecule has 7 aromatic carbocycles. The molecule has 3 fully saturated rings. The molecule has 11 heteroatoms. The Morgan fingerprint density at radius 1 is 0.687 bits per heavy atom. The number of carbonyl (C=O) groups excluding carboxylic acids is 2. The summed E-state index contributed by atoms with van der Waals surface area (Å²) in [5, 5.41) is 1.15. The van der Waals surface area contributed by atoms with E-state index in [9.17, 15) is 9.59 Å². The number of anilines is 1. The molecule has 83 heavy (non-hydrogen) atoms. The number of nitrogens with zero attached hydrogens (tertiary/aromatic N) is 1. The fourth-order valence-corrected chi connectivity index (χ4v) is 14.3. The molecular weight excluding hydrogens is 1050 g/mol. The number of unbranched alkanes of at least 4 members (excludes halogenated alkanes) is 2. The van der Waals surface area contributed by atoms with Crippen molar-refractivity contribution in [2.75, 3.05) is 38.3 Å². The van der Waals surface area contributed by atoms with Crippen LogP contribution in [-0.4, -0.2) is 45.4 Å². The topological polar surface area (TPSA) is 83.5 Å². The quantitative estimate of drug-likeness (QED) is 0.0605. The van der Waals surface area contributed by atoms with Gasteiger partial charge in [-0.2, -0.15) is 13.2 Å². The van der Waals surface area contributed by atoms with E-state index in [2.05, 4.69) is 60.4 Å². The van der Waals surface area contributed by atoms with Gasteiger partial charge in [-0.25, -0.2) is 0 Å². The van der Waals surface area contributed by atoms with E-state index in [1.807, 2.05) is 86.7 Å². The number of hydrogen-bond donors (Lipinski definition) is 0. The fourth-order valence-electron chi connectivity index (χ4n) is 14.3. The van der Waals surface area contributed by atoms with Gasteiger partial charge in [0.25, 0.3) is 0 Å². The number of alkyl halides is 3. The molecule has 2 aliphatic heterocycles. The van der Waals surface area contributed by atoms with Gasteiger partial charge >= 0.3 is 18.1 Å². The maximum Gasteiger partial charge on any atom is 0.416 e. The first-order valence-corrected chi connectivity index (χ1v) is 30.1. The molecule has 0 amide bonds. The van der Waals surface area contributed by atoms with E-state index in [0.717, 1.165) is 46.9 Å². The van der Waals surface area contributed by atoms with E-state index in [4.69, 9.17) is 23.7 Å². The molecule has 5 aliphatic rings. The molecule has 8 nitrogen and oxygen atoms in total. The third kappa shape index (κ3) is 10.8. The van der Waals surface area contributed by atoms with Crippen LogP contribution in [0.5, 0.6) is 23.0 Å². The molecule has 1 saturated heterocycles. The molecule has 2 saturated carbocycles. The largest absolute Gasteiger partial charge is 0.493 e. The van der Waals surface area contributed by atoms with Crippen LogP contribution in [0.25, 0.3) is 39.1 Å². The number of benzene rings is 7. The van der Waals surface area contributed by atoms with Crippen molar-refractivity contribution in [1.82, 2.24) is 0 Å². The van der Waals surface area contributed by atoms with Gasteiger partial charge in [0.2, 0.25) is 0 Å². The molecule has 2 heterocycles. The molecule has 430 valence electrons. The smallest absolute Gasteiger partial charge is 0.416 e. The monoisotopic (exact) mass is 1120 g/mol. The third-order valence-corrected chi connectivity index (χ3v) is 18.8. The first-order valence-electron chi connectivity index (χ1n) is 30.1. The molecule has 1 unspecified atom stereocenters. The van der Waals surface area contributed by atoms with Crippen LogP contribution in [0.1, 0.15) is 148 Å². The number of methoxy groups -OCH3 is 1. The number of carbonyl (C=O) groups is 2. The van der Waals surface area contributed by atoms with Crippen LogP contribution < -0.4 is 23.8 Å². The highest BCUT2D eigenvalue weighted by Gasteiger charge is 2.49. The van der Waals surface area contributed by atoms with Gasteiger partial charge in [-0.3, -0.25) is 9.59 Å². The zero-order chi connectivity index (χ0) is 57.6. The number of rotatable bonds is 14. The second-order valence-corrected chi connectivity index (χ2v) is 24.3. The number of aryl methyl sites for hydroxylation is 1. The lowest BCUT2D eigenvalue weighted by atomic mass is 9.75. The van der Waals surface area contributed by atoms with E-state index in [1.165, 1.54) is 70.1 Å². The Kier molecular flexibility index (Phi) is 15.6. The van der Waals surface area contributed by atoms with Crippen LogP contribution in [-0.2, 0) is 31.5 Å². The standard InChI is InChI=1S/C72H74F3NO7/c1-6-7-9-12-46-15-17-47(18-16-46)48-19-21-49(22-20-48)50-27-33-56(34-28-50)81-68(77)51-23-25-52(26-24-51)69(78)82-63-43-58-59(44-62(63)79-5)67-57(66-64(58)60-41-45(2)42-61(72(73,74)75)65(60)70(66,3)4)35-36-71(83-67,53-13-10-8-11-14-53)54-29-31-55(32-30-54)76-37-39-80-40-38-76/h8,10-11,13-14,19-22,27-36,41-44,46-47,51-52H,6-7,9,12,15-18,23-26,37-40H2,1-5H3. The van der Waals surface area contributed by atoms with E-state index < -0.39 is 40.6 Å². The Morgan fingerprint density at radius 2 is 1.31 bits per heavy atom. The van der Waals surface area contributed by atoms with E-state index in [-0.39, 0.29) is 23.0 Å². The molecular formula is C72H74F3NO7. The number of morpholine rings is 1. The molecule has 7 aromatic rings. The van der Waals surface area contributed by atoms with E-state index >= 15 is 13.2 Å². The number of esters is 2. The number of hydrogen-bond acceptors (Lipinski definition) is 8. The lowest BCUT2D eigenvalue weighted by Gasteiger charge is -2.39. The SMILES string of the molecule is CCCCCC1CCC(c2ccc(-c3ccc(OC(=O)C4CCC(C(=O)Oc5cc6c7c(c8c(c6cc5OC)OC(c5ccccc5)(c5ccc(N6CCOCC6)cc5)C=C8)C(C)(C)c5c-7cc(C)cc5C(F)(F)F)CC4)cc3)cc2)CC1. The van der Waals surface area contributed by atoms with E-state index in [0.29, 0.717) is 94.9 Å². The van der Waals surface area contributed by atoms with Crippen molar-refractivity contribution >= 4 is 34.5 Å². The Hall–Kier alpha value is -7.37. The average molecular weight is 1120 g/mol. The van der Waals surface area contributed by atoms with Crippen LogP contribution in [0.2, 0.25) is 0 Å². The predicted octanol–water partition coefficient (Wildman–Crippen LogP) is 17.5. The predicted molar refractivity (Wildman–Crippen MR) is 322 cm³/mol. The summed E-state index contributed by atoms with van der Waals surface area (Å²) in [5.74, 6) is 1.14. The molecule has 0 N–H and O–H groups in total. The van der Waals surface area contributed by atoms with Crippen molar-refractivity contribution in [3.05, 3.63) is 178 Å². The maximum atomic E-state index is 15.3. The van der Waals surface area contributed by atoms with Gasteiger partial charge in [-0.1, -0.05) is 137 Å². The Labute approximate surface area is 486 Å². The Bertz CT molecular complexity index is 3550. The molecule has 1 atom stereocenters. The van der Waals surface area contributed by atoms with Gasteiger partial charge in [-0.15, -0.1) is 0 Å². The van der Waals surface area contributed by atoms with Crippen LogP contribution in [0, 0.1) is 24.7 Å². The highest BCUT2D eigenvalue weighted by molar-refractivity contribution is 6.10. The van der Waals surface area contributed by atoms with Crippen LogP contribution in [0.4, 0.5) is 18.9 Å². The van der Waals surface area contributed by atoms with Gasteiger partial charge in [0.15, 0.2) is 17.1 Å². The Balaban J connectivity index is 0.795. The fraction of sp³-hybridized carbons (Fsp3) is 0.389. The molecule has 0 spiro atoms. The summed E-state index contributed by atoms with van der Waals surface area (Å²) in [6.45, 7) is 10.5. The van der Waals surface area contributed by atoms with Gasteiger partial charge in [-0.05, 0) is 169 Å². The minimum atomic E-state index is -4.64. The van der Waals surface area contributed by atoms with Crippen molar-refractivity contribution in [3.63, 3.8) is 0 Å². The van der Waals surface area contributed by atoms with E-state index in [1.54, 1.807) is 19.1 Å². The minimum Gasteiger partial charge on any atom is -0.493 e. The van der Waals surface area contributed by atoms with Crippen LogP contribution in [0.3, 0.4) is 0 Å². The summed E-state index contributed by atoms with van der Waals surface area (Å²) in [6, 6.07) is 41.5. The highest BCUT2D eigenvalue weighted by atomic mass is 19.4. The van der Waals surface area contributed by atoms with Crippen molar-refractivity contribution < 1.29 is 46.4 Å². The average Bonchev–Trinajstić information content (AvgIpc) is 3.68. The van der Waals surface area contributed by atoms with Crippen molar-refractivity contribution in [3.8, 4) is 45.3 Å². The summed E-state index contributed by atoms with van der Waals surface area (Å²) in [5.41, 5.74) is 6.45. The lowest BCUT2D eigenvalue weighted by molar-refractivity contribution is -0.145. The summed E-state index contributed by atoms with van der Waals surface area (Å²) in [4.78, 5) is 30.3. The second-order valence-electron chi connectivity index (χ2n) is 24.3. The van der Waals surface area contributed by atoms with Gasteiger partial charge in [0, 0.05) is 46.3 Å². The van der Waals surface area contributed by atoms with Crippen LogP contribution >= 0.6 is 0 Å². The Morgan fingerprint density at radius 3 is 1.95 bits per heavy atom. The van der Waals surface area contributed by atoms with Gasteiger partial charge < -0.3 is 28.6 Å². The lowest BCUT2D eigenvalue weighted by Crippen LogP contribution is -2.37. The summed E-state index contributed by atoms with van der Waals surface area (Å²) in [6.07, 6.45) is 11.6. The third-order valence-electron chi connectivity index (χ3n) is 18.8. The van der Waals surface area contributed by atoms with Crippen molar-refractivity contribution in [2.24, 2.45) is 17.8 Å². The zero-order valence-electron chi connectivity index (χ0n) is 48.3. The van der Waals surface area contributed by atoms with Crippen molar-refractivity contribution in [1.29, 1.82) is 0 Å². The molecule has 12 rings (SSSR count). The summed E-state index contributed by atoms with van der Waals surface area (Å²) in [7, 11) is 1.50. The zero-order valence-corrected chi connectivity index (χ0v) is 48.3. The first kappa shape index (κ1) is 56.1. The summed E-state index contributed by atoms with van der Waals surface area (Å²) >= 11 is 0. The van der Waals surface area contributed by atoms with Gasteiger partial charge in [0.05, 0.1) is 37.7 Å². The highest BCUT2D eigenvalue weighted by Crippen LogP contribution is 2.61. The van der Waals surface area contributed by atoms with Gasteiger partial charge in [0.1, 0.15) is 11.5 Å². The normalized spacial score (nSPS) is 21.8. The number of ether oxygens (including phenoxy) is 5. The van der Waals surface area contributed by atoms with Crippen molar-refractivity contribution in [2.45, 2.75) is 128 Å². The number of fused-ring (bicyclic) bond motifs is 8. The molecule has 3 aliphatic carbocycles. The number of halogens is 3.